The van der Waals surface area contributed by atoms with Gasteiger partial charge in [-0.25, -0.2) is 9.40 Å². The third kappa shape index (κ3) is 3.34. The molecule has 0 bridgehead atoms. The Bertz CT molecular complexity index is 1320. The van der Waals surface area contributed by atoms with Crippen LogP contribution < -0.4 is 5.01 Å². The first-order chi connectivity index (χ1) is 14.9. The molecule has 0 saturated carbocycles. The van der Waals surface area contributed by atoms with Crippen molar-refractivity contribution in [3.05, 3.63) is 92.3 Å². The predicted octanol–water partition coefficient (Wildman–Crippen LogP) is 5.82. The van der Waals surface area contributed by atoms with Crippen molar-refractivity contribution in [2.24, 2.45) is 5.10 Å². The van der Waals surface area contributed by atoms with Gasteiger partial charge in [0, 0.05) is 26.6 Å². The number of halogens is 2. The van der Waals surface area contributed by atoms with Crippen LogP contribution in [0.3, 0.4) is 0 Å². The molecule has 3 heterocycles. The summed E-state index contributed by atoms with van der Waals surface area (Å²) >= 11 is 7.82. The van der Waals surface area contributed by atoms with Gasteiger partial charge in [0.2, 0.25) is 0 Å². The monoisotopic (exact) mass is 451 g/mol. The molecule has 4 aromatic rings. The Kier molecular flexibility index (Phi) is 4.87. The molecular weight excluding hydrogens is 433 g/mol. The summed E-state index contributed by atoms with van der Waals surface area (Å²) in [6.45, 7) is 6.35. The van der Waals surface area contributed by atoms with Crippen LogP contribution in [0.5, 0.6) is 0 Å². The second-order valence-electron chi connectivity index (χ2n) is 7.45. The first kappa shape index (κ1) is 19.9. The Hall–Kier alpha value is -3.03. The fourth-order valence-electron chi connectivity index (χ4n) is 3.72. The average Bonchev–Trinajstić information content (AvgIpc) is 3.22. The van der Waals surface area contributed by atoms with E-state index < -0.39 is 0 Å². The van der Waals surface area contributed by atoms with Crippen molar-refractivity contribution < 1.29 is 4.39 Å². The van der Waals surface area contributed by atoms with Crippen LogP contribution in [0.15, 0.2) is 53.6 Å². The van der Waals surface area contributed by atoms with E-state index in [9.17, 15) is 4.39 Å². The Morgan fingerprint density at radius 2 is 1.74 bits per heavy atom. The molecule has 1 aliphatic heterocycles. The minimum absolute atomic E-state index is 0.231. The van der Waals surface area contributed by atoms with Crippen molar-refractivity contribution in [2.45, 2.75) is 27.3 Å². The van der Waals surface area contributed by atoms with Crippen LogP contribution in [0.2, 0.25) is 5.02 Å². The topological polar surface area (TPSA) is 46.3 Å². The quantitative estimate of drug-likeness (QED) is 0.394. The molecule has 0 amide bonds. The lowest BCUT2D eigenvalue weighted by atomic mass is 10.00. The molecule has 0 aliphatic carbocycles. The predicted molar refractivity (Wildman–Crippen MR) is 123 cm³/mol. The zero-order valence-electron chi connectivity index (χ0n) is 17.2. The zero-order valence-corrected chi connectivity index (χ0v) is 18.8. The molecular formula is C23H19ClFN5S. The van der Waals surface area contributed by atoms with E-state index in [-0.39, 0.29) is 12.4 Å². The van der Waals surface area contributed by atoms with E-state index in [0.717, 1.165) is 33.2 Å². The van der Waals surface area contributed by atoms with Gasteiger partial charge in [-0.15, -0.1) is 21.5 Å². The number of benzene rings is 2. The van der Waals surface area contributed by atoms with Crippen molar-refractivity contribution in [1.29, 1.82) is 0 Å². The molecule has 0 radical (unpaired) electrons. The van der Waals surface area contributed by atoms with Crippen LogP contribution in [-0.4, -0.2) is 20.5 Å². The highest BCUT2D eigenvalue weighted by Crippen LogP contribution is 2.38. The normalized spacial score (nSPS) is 12.9. The summed E-state index contributed by atoms with van der Waals surface area (Å²) < 4.78 is 16.5. The maximum atomic E-state index is 14.5. The maximum Gasteiger partial charge on any atom is 0.253 e. The Labute approximate surface area is 188 Å². The van der Waals surface area contributed by atoms with Gasteiger partial charge in [0.05, 0.1) is 6.54 Å². The fourth-order valence-corrected chi connectivity index (χ4v) is 5.05. The van der Waals surface area contributed by atoms with Gasteiger partial charge in [-0.2, -0.15) is 5.10 Å². The number of nitrogens with zero attached hydrogens (tertiary/aromatic N) is 5. The Balaban J connectivity index is 1.77. The van der Waals surface area contributed by atoms with Crippen molar-refractivity contribution in [3.63, 3.8) is 0 Å². The van der Waals surface area contributed by atoms with E-state index in [0.29, 0.717) is 16.5 Å². The van der Waals surface area contributed by atoms with Crippen LogP contribution in [0.25, 0.3) is 5.00 Å². The summed E-state index contributed by atoms with van der Waals surface area (Å²) in [6.07, 6.45) is 0. The lowest BCUT2D eigenvalue weighted by Gasteiger charge is -2.18. The lowest BCUT2D eigenvalue weighted by molar-refractivity contribution is 0.604. The van der Waals surface area contributed by atoms with Gasteiger partial charge < -0.3 is 0 Å². The SMILES string of the molecule is Cc1sc2c(c1C)C(c1ccc(Cl)cc1)=NN(Cc1ccccc1F)c1nnc(C)n1-2. The molecule has 2 aromatic carbocycles. The number of aryl methyl sites for hydroxylation is 2. The number of anilines is 1. The molecule has 0 spiro atoms. The second-order valence-corrected chi connectivity index (χ2v) is 9.09. The largest absolute Gasteiger partial charge is 0.254 e. The molecule has 1 aliphatic rings. The van der Waals surface area contributed by atoms with Crippen LogP contribution in [0.1, 0.15) is 33.0 Å². The number of fused-ring (bicyclic) bond motifs is 3. The van der Waals surface area contributed by atoms with E-state index in [4.69, 9.17) is 16.7 Å². The molecule has 8 heteroatoms. The number of rotatable bonds is 3. The molecule has 0 unspecified atom stereocenters. The smallest absolute Gasteiger partial charge is 0.253 e. The van der Waals surface area contributed by atoms with E-state index in [1.807, 2.05) is 41.8 Å². The molecule has 5 rings (SSSR count). The first-order valence-electron chi connectivity index (χ1n) is 9.82. The zero-order chi connectivity index (χ0) is 21.7. The van der Waals surface area contributed by atoms with Gasteiger partial charge in [0.1, 0.15) is 22.4 Å². The standard InChI is InChI=1S/C23H19ClFN5S/c1-13-14(2)31-22-20(13)21(16-8-10-18(24)11-9-16)28-29(23-27-26-15(3)30(22)23)12-17-6-4-5-7-19(17)25/h4-11H,12H2,1-3H3. The van der Waals surface area contributed by atoms with Crippen LogP contribution in [0, 0.1) is 26.6 Å². The molecule has 31 heavy (non-hydrogen) atoms. The molecule has 0 atom stereocenters. The highest BCUT2D eigenvalue weighted by Gasteiger charge is 2.30. The van der Waals surface area contributed by atoms with Gasteiger partial charge in [0.15, 0.2) is 0 Å². The average molecular weight is 452 g/mol. The number of thiophene rings is 1. The Morgan fingerprint density at radius 3 is 2.48 bits per heavy atom. The Morgan fingerprint density at radius 1 is 1.00 bits per heavy atom. The minimum atomic E-state index is -0.278. The van der Waals surface area contributed by atoms with Crippen molar-refractivity contribution in [2.75, 3.05) is 5.01 Å². The van der Waals surface area contributed by atoms with Crippen LogP contribution >= 0.6 is 22.9 Å². The van der Waals surface area contributed by atoms with E-state index >= 15 is 0 Å². The maximum absolute atomic E-state index is 14.5. The highest BCUT2D eigenvalue weighted by molar-refractivity contribution is 7.15. The summed E-state index contributed by atoms with van der Waals surface area (Å²) in [4.78, 5) is 1.20. The van der Waals surface area contributed by atoms with Crippen LogP contribution in [0.4, 0.5) is 10.3 Å². The summed E-state index contributed by atoms with van der Waals surface area (Å²) in [5.41, 5.74) is 4.45. The molecule has 0 N–H and O–H groups in total. The van der Waals surface area contributed by atoms with Crippen molar-refractivity contribution in [1.82, 2.24) is 14.8 Å². The van der Waals surface area contributed by atoms with E-state index in [1.54, 1.807) is 28.5 Å². The molecule has 0 saturated heterocycles. The molecule has 0 fully saturated rings. The van der Waals surface area contributed by atoms with Crippen molar-refractivity contribution in [3.8, 4) is 5.00 Å². The summed E-state index contributed by atoms with van der Waals surface area (Å²) in [5.74, 6) is 1.04. The number of hydrogen-bond acceptors (Lipinski definition) is 5. The number of aromatic nitrogens is 3. The number of hydrazone groups is 1. The van der Waals surface area contributed by atoms with Gasteiger partial charge in [-0.1, -0.05) is 41.9 Å². The third-order valence-corrected chi connectivity index (χ3v) is 6.91. The highest BCUT2D eigenvalue weighted by atomic mass is 35.5. The lowest BCUT2D eigenvalue weighted by Crippen LogP contribution is -2.21. The van der Waals surface area contributed by atoms with Gasteiger partial charge in [-0.3, -0.25) is 4.57 Å². The van der Waals surface area contributed by atoms with Gasteiger partial charge >= 0.3 is 0 Å². The van der Waals surface area contributed by atoms with E-state index in [2.05, 4.69) is 24.0 Å². The summed E-state index contributed by atoms with van der Waals surface area (Å²) in [5, 5.41) is 17.1. The summed E-state index contributed by atoms with van der Waals surface area (Å²) in [6, 6.07) is 14.3. The second kappa shape index (κ2) is 7.59. The molecule has 5 nitrogen and oxygen atoms in total. The van der Waals surface area contributed by atoms with Crippen LogP contribution in [-0.2, 0) is 6.54 Å². The molecule has 156 valence electrons. The van der Waals surface area contributed by atoms with Gasteiger partial charge in [0.25, 0.3) is 5.95 Å². The first-order valence-corrected chi connectivity index (χ1v) is 11.0. The molecule has 2 aromatic heterocycles. The summed E-state index contributed by atoms with van der Waals surface area (Å²) in [7, 11) is 0. The van der Waals surface area contributed by atoms with Crippen molar-refractivity contribution >= 4 is 34.6 Å². The third-order valence-electron chi connectivity index (χ3n) is 5.46. The number of hydrogen-bond donors (Lipinski definition) is 0. The minimum Gasteiger partial charge on any atom is -0.254 e. The van der Waals surface area contributed by atoms with Gasteiger partial charge in [-0.05, 0) is 44.5 Å². The fraction of sp³-hybridized carbons (Fsp3) is 0.174. The van der Waals surface area contributed by atoms with E-state index in [1.165, 1.54) is 10.9 Å².